The van der Waals surface area contributed by atoms with Crippen molar-refractivity contribution >= 4 is 16.8 Å². The molecule has 0 bridgehead atoms. The van der Waals surface area contributed by atoms with E-state index in [0.29, 0.717) is 11.4 Å². The molecule has 0 aliphatic heterocycles. The lowest BCUT2D eigenvalue weighted by Crippen LogP contribution is -2.32. The average molecular weight is 299 g/mol. The third-order valence-electron chi connectivity index (χ3n) is 3.16. The number of aryl methyl sites for hydroxylation is 1. The average Bonchev–Trinajstić information content (AvgIpc) is 2.32. The van der Waals surface area contributed by atoms with Crippen LogP contribution in [0.2, 0.25) is 0 Å². The van der Waals surface area contributed by atoms with E-state index in [1.807, 2.05) is 13.8 Å². The first-order valence-corrected chi connectivity index (χ1v) is 7.76. The topological polar surface area (TPSA) is 76.5 Å². The van der Waals surface area contributed by atoms with E-state index in [-0.39, 0.29) is 11.7 Å². The molecule has 6 heteroatoms. The maximum absolute atomic E-state index is 12.3. The SMILES string of the molecule is COc1c(C)cnc(CS(=O)C(C(=O)O)C(C)C)c1C. The summed E-state index contributed by atoms with van der Waals surface area (Å²) in [6, 6.07) is 0. The standard InChI is InChI=1S/C14H21NO4S/c1-8(2)13(14(16)17)20(18)7-11-10(4)12(19-5)9(3)6-15-11/h6,8,13H,7H2,1-5H3,(H,16,17). The Bertz CT molecular complexity index is 528. The van der Waals surface area contributed by atoms with E-state index in [9.17, 15) is 9.00 Å². The molecule has 0 aliphatic carbocycles. The lowest BCUT2D eigenvalue weighted by atomic mass is 10.1. The normalized spacial score (nSPS) is 14.1. The van der Waals surface area contributed by atoms with E-state index in [2.05, 4.69) is 4.98 Å². The molecule has 0 amide bonds. The van der Waals surface area contributed by atoms with Gasteiger partial charge in [-0.15, -0.1) is 0 Å². The van der Waals surface area contributed by atoms with E-state index in [0.717, 1.165) is 11.1 Å². The van der Waals surface area contributed by atoms with Gasteiger partial charge in [-0.25, -0.2) is 0 Å². The molecular weight excluding hydrogens is 278 g/mol. The number of aromatic nitrogens is 1. The van der Waals surface area contributed by atoms with Gasteiger partial charge in [-0.1, -0.05) is 13.8 Å². The van der Waals surface area contributed by atoms with Crippen LogP contribution < -0.4 is 4.74 Å². The van der Waals surface area contributed by atoms with Crippen LogP contribution in [0.1, 0.15) is 30.7 Å². The highest BCUT2D eigenvalue weighted by molar-refractivity contribution is 7.85. The molecule has 112 valence electrons. The summed E-state index contributed by atoms with van der Waals surface area (Å²) < 4.78 is 17.6. The van der Waals surface area contributed by atoms with Crippen molar-refractivity contribution in [3.63, 3.8) is 0 Å². The van der Waals surface area contributed by atoms with E-state index >= 15 is 0 Å². The molecule has 0 radical (unpaired) electrons. The van der Waals surface area contributed by atoms with E-state index in [4.69, 9.17) is 9.84 Å². The summed E-state index contributed by atoms with van der Waals surface area (Å²) in [4.78, 5) is 15.5. The van der Waals surface area contributed by atoms with Gasteiger partial charge in [0.15, 0.2) is 0 Å². The first-order chi connectivity index (χ1) is 9.29. The predicted molar refractivity (Wildman–Crippen MR) is 78.4 cm³/mol. The van der Waals surface area contributed by atoms with Crippen LogP contribution in [-0.4, -0.2) is 32.6 Å². The molecular formula is C14H21NO4S. The Kier molecular flexibility index (Phi) is 5.68. The van der Waals surface area contributed by atoms with Gasteiger partial charge in [-0.05, 0) is 19.8 Å². The number of carboxylic acids is 1. The molecule has 0 saturated carbocycles. The summed E-state index contributed by atoms with van der Waals surface area (Å²) in [6.07, 6.45) is 1.66. The third kappa shape index (κ3) is 3.56. The fraction of sp³-hybridized carbons (Fsp3) is 0.571. The molecule has 1 aromatic rings. The number of hydrogen-bond acceptors (Lipinski definition) is 4. The second kappa shape index (κ2) is 6.83. The highest BCUT2D eigenvalue weighted by atomic mass is 32.2. The minimum Gasteiger partial charge on any atom is -0.496 e. The largest absolute Gasteiger partial charge is 0.496 e. The van der Waals surface area contributed by atoms with Crippen LogP contribution >= 0.6 is 0 Å². The fourth-order valence-corrected chi connectivity index (χ4v) is 3.71. The van der Waals surface area contributed by atoms with Crippen molar-refractivity contribution in [1.82, 2.24) is 4.98 Å². The van der Waals surface area contributed by atoms with Gasteiger partial charge in [-0.3, -0.25) is 14.0 Å². The van der Waals surface area contributed by atoms with Gasteiger partial charge in [0.05, 0.1) is 18.6 Å². The molecule has 0 fully saturated rings. The zero-order valence-corrected chi connectivity index (χ0v) is 13.3. The number of pyridine rings is 1. The Morgan fingerprint density at radius 3 is 2.50 bits per heavy atom. The summed E-state index contributed by atoms with van der Waals surface area (Å²) in [5, 5.41) is 8.28. The van der Waals surface area contributed by atoms with Gasteiger partial charge in [0, 0.05) is 28.1 Å². The summed E-state index contributed by atoms with van der Waals surface area (Å²) in [7, 11) is 0.0599. The van der Waals surface area contributed by atoms with Crippen molar-refractivity contribution in [2.45, 2.75) is 38.7 Å². The Hall–Kier alpha value is -1.43. The van der Waals surface area contributed by atoms with Crippen LogP contribution in [0.4, 0.5) is 0 Å². The molecule has 5 nitrogen and oxygen atoms in total. The monoisotopic (exact) mass is 299 g/mol. The minimum atomic E-state index is -1.51. The van der Waals surface area contributed by atoms with Crippen LogP contribution in [0.5, 0.6) is 5.75 Å². The van der Waals surface area contributed by atoms with E-state index in [1.54, 1.807) is 27.2 Å². The highest BCUT2D eigenvalue weighted by Crippen LogP contribution is 2.25. The third-order valence-corrected chi connectivity index (χ3v) is 5.03. The number of carboxylic acid groups (broad SMARTS) is 1. The molecule has 0 aromatic carbocycles. The molecule has 1 heterocycles. The molecule has 1 aromatic heterocycles. The van der Waals surface area contributed by atoms with Crippen molar-refractivity contribution in [3.8, 4) is 5.75 Å². The van der Waals surface area contributed by atoms with Gasteiger partial charge in [0.25, 0.3) is 0 Å². The Balaban J connectivity index is 3.05. The number of nitrogens with zero attached hydrogens (tertiary/aromatic N) is 1. The van der Waals surface area contributed by atoms with Gasteiger partial charge < -0.3 is 9.84 Å². The van der Waals surface area contributed by atoms with E-state index < -0.39 is 22.0 Å². The van der Waals surface area contributed by atoms with Crippen LogP contribution in [-0.2, 0) is 21.3 Å². The van der Waals surface area contributed by atoms with Gasteiger partial charge in [0.2, 0.25) is 0 Å². The van der Waals surface area contributed by atoms with Gasteiger partial charge in [0.1, 0.15) is 11.0 Å². The maximum atomic E-state index is 12.3. The van der Waals surface area contributed by atoms with Crippen molar-refractivity contribution in [2.24, 2.45) is 5.92 Å². The molecule has 20 heavy (non-hydrogen) atoms. The highest BCUT2D eigenvalue weighted by Gasteiger charge is 2.29. The van der Waals surface area contributed by atoms with Crippen LogP contribution in [0.3, 0.4) is 0 Å². The quantitative estimate of drug-likeness (QED) is 0.870. The Morgan fingerprint density at radius 1 is 1.45 bits per heavy atom. The first-order valence-electron chi connectivity index (χ1n) is 6.38. The van der Waals surface area contributed by atoms with Crippen LogP contribution in [0.15, 0.2) is 6.20 Å². The molecule has 2 atom stereocenters. The number of carbonyl (C=O) groups is 1. The number of hydrogen-bond donors (Lipinski definition) is 1. The predicted octanol–water partition coefficient (Wildman–Crippen LogP) is 2.06. The van der Waals surface area contributed by atoms with Crippen LogP contribution in [0, 0.1) is 19.8 Å². The fourth-order valence-electron chi connectivity index (χ4n) is 2.14. The molecule has 0 aliphatic rings. The van der Waals surface area contributed by atoms with Crippen molar-refractivity contribution < 1.29 is 18.8 Å². The van der Waals surface area contributed by atoms with Crippen molar-refractivity contribution in [2.75, 3.05) is 7.11 Å². The zero-order chi connectivity index (χ0) is 15.4. The second-order valence-corrected chi connectivity index (χ2v) is 6.63. The van der Waals surface area contributed by atoms with E-state index in [1.165, 1.54) is 0 Å². The number of aliphatic carboxylic acids is 1. The number of ether oxygens (including phenoxy) is 1. The van der Waals surface area contributed by atoms with Gasteiger partial charge in [-0.2, -0.15) is 0 Å². The Labute approximate surface area is 121 Å². The minimum absolute atomic E-state index is 0.123. The first kappa shape index (κ1) is 16.6. The van der Waals surface area contributed by atoms with Crippen molar-refractivity contribution in [1.29, 1.82) is 0 Å². The zero-order valence-electron chi connectivity index (χ0n) is 12.5. The number of methoxy groups -OCH3 is 1. The summed E-state index contributed by atoms with van der Waals surface area (Å²) >= 11 is 0. The molecule has 0 saturated heterocycles. The van der Waals surface area contributed by atoms with Gasteiger partial charge >= 0.3 is 5.97 Å². The lowest BCUT2D eigenvalue weighted by molar-refractivity contribution is -0.137. The summed E-state index contributed by atoms with van der Waals surface area (Å²) in [5.74, 6) is -0.392. The lowest BCUT2D eigenvalue weighted by Gasteiger charge is -2.17. The molecule has 1 N–H and O–H groups in total. The molecule has 1 rings (SSSR count). The second-order valence-electron chi connectivity index (χ2n) is 5.07. The summed E-state index contributed by atoms with van der Waals surface area (Å²) in [5.41, 5.74) is 2.34. The van der Waals surface area contributed by atoms with Crippen molar-refractivity contribution in [3.05, 3.63) is 23.0 Å². The molecule has 0 spiro atoms. The number of rotatable bonds is 6. The smallest absolute Gasteiger partial charge is 0.319 e. The maximum Gasteiger partial charge on any atom is 0.319 e. The Morgan fingerprint density at radius 2 is 2.05 bits per heavy atom. The molecule has 2 unspecified atom stereocenters. The van der Waals surface area contributed by atoms with Crippen LogP contribution in [0.25, 0.3) is 0 Å². The summed E-state index contributed by atoms with van der Waals surface area (Å²) in [6.45, 7) is 7.24.